The van der Waals surface area contributed by atoms with Crippen LogP contribution in [0.4, 0.5) is 5.69 Å². The van der Waals surface area contributed by atoms with Crippen LogP contribution >= 0.6 is 0 Å². The van der Waals surface area contributed by atoms with Gasteiger partial charge in [-0.25, -0.2) is 19.1 Å². The molecule has 0 aliphatic carbocycles. The number of ether oxygens (including phenoxy) is 1. The summed E-state index contributed by atoms with van der Waals surface area (Å²) in [6, 6.07) is 20.5. The number of carboxylic acid groups (broad SMARTS) is 1. The van der Waals surface area contributed by atoms with Gasteiger partial charge in [-0.2, -0.15) is 0 Å². The number of hydrogen-bond acceptors (Lipinski definition) is 7. The molecule has 0 bridgehead atoms. The van der Waals surface area contributed by atoms with E-state index < -0.39 is 16.0 Å². The van der Waals surface area contributed by atoms with E-state index in [0.29, 0.717) is 22.2 Å². The lowest BCUT2D eigenvalue weighted by molar-refractivity contribution is 0.0697. The van der Waals surface area contributed by atoms with Crippen molar-refractivity contribution in [3.63, 3.8) is 0 Å². The number of nitrogens with zero attached hydrogens (tertiary/aromatic N) is 2. The van der Waals surface area contributed by atoms with Gasteiger partial charge in [-0.3, -0.25) is 9.29 Å². The molecule has 10 heteroatoms. The van der Waals surface area contributed by atoms with Crippen molar-refractivity contribution in [2.45, 2.75) is 31.2 Å². The molecule has 0 saturated carbocycles. The maximum Gasteiger partial charge on any atom is 0.339 e. The zero-order valence-corrected chi connectivity index (χ0v) is 21.5. The highest BCUT2D eigenvalue weighted by molar-refractivity contribution is 7.92. The molecular formula is C27H29N3O6S. The number of methoxy groups -OCH3 is 1. The average Bonchev–Trinajstić information content (AvgIpc) is 2.92. The van der Waals surface area contributed by atoms with Crippen molar-refractivity contribution in [1.29, 1.82) is 0 Å². The van der Waals surface area contributed by atoms with Crippen LogP contribution in [0.3, 0.4) is 0 Å². The minimum atomic E-state index is -4.17. The van der Waals surface area contributed by atoms with Gasteiger partial charge in [0.15, 0.2) is 0 Å². The van der Waals surface area contributed by atoms with E-state index >= 15 is 0 Å². The molecule has 0 aliphatic rings. The number of pyridine rings is 1. The fraction of sp³-hybridized carbons (Fsp3) is 0.185. The minimum Gasteiger partial charge on any atom is -0.497 e. The Bertz CT molecular complexity index is 1470. The Balaban J connectivity index is 0.00000186. The van der Waals surface area contributed by atoms with Crippen LogP contribution in [0.25, 0.3) is 10.9 Å². The summed E-state index contributed by atoms with van der Waals surface area (Å²) in [5, 5.41) is 17.0. The maximum absolute atomic E-state index is 14.0. The van der Waals surface area contributed by atoms with E-state index in [1.54, 1.807) is 36.4 Å². The summed E-state index contributed by atoms with van der Waals surface area (Å²) < 4.78 is 34.4. The van der Waals surface area contributed by atoms with Crippen LogP contribution < -0.4 is 14.9 Å². The van der Waals surface area contributed by atoms with Crippen LogP contribution in [0, 0.1) is 0 Å². The third kappa shape index (κ3) is 5.72. The Labute approximate surface area is 215 Å². The summed E-state index contributed by atoms with van der Waals surface area (Å²) in [5.41, 5.74) is 2.09. The minimum absolute atomic E-state index is 0.0237. The van der Waals surface area contributed by atoms with Crippen molar-refractivity contribution < 1.29 is 28.3 Å². The second-order valence-electron chi connectivity index (χ2n) is 8.40. The molecule has 37 heavy (non-hydrogen) atoms. The molecule has 0 spiro atoms. The highest BCUT2D eigenvalue weighted by Crippen LogP contribution is 2.37. The van der Waals surface area contributed by atoms with Crippen molar-refractivity contribution in [3.05, 3.63) is 95.7 Å². The topological polar surface area (TPSA) is 143 Å². The lowest BCUT2D eigenvalue weighted by Crippen LogP contribution is -2.32. The van der Waals surface area contributed by atoms with E-state index in [1.165, 1.54) is 29.7 Å². The maximum atomic E-state index is 14.0. The Morgan fingerprint density at radius 2 is 1.65 bits per heavy atom. The first-order chi connectivity index (χ1) is 17.7. The van der Waals surface area contributed by atoms with Gasteiger partial charge in [0.05, 0.1) is 29.8 Å². The summed E-state index contributed by atoms with van der Waals surface area (Å²) in [6.07, 6.45) is 1.24. The van der Waals surface area contributed by atoms with Gasteiger partial charge in [-0.15, -0.1) is 0 Å². The molecule has 1 heterocycles. The average molecular weight is 524 g/mol. The zero-order valence-electron chi connectivity index (χ0n) is 20.7. The molecule has 0 aliphatic heterocycles. The van der Waals surface area contributed by atoms with Crippen molar-refractivity contribution >= 4 is 32.6 Å². The van der Waals surface area contributed by atoms with Gasteiger partial charge >= 0.3 is 5.97 Å². The van der Waals surface area contributed by atoms with E-state index in [0.717, 1.165) is 5.56 Å². The van der Waals surface area contributed by atoms with Gasteiger partial charge in [0.25, 0.3) is 10.0 Å². The molecule has 4 aromatic rings. The van der Waals surface area contributed by atoms with E-state index in [4.69, 9.17) is 9.94 Å². The fourth-order valence-corrected chi connectivity index (χ4v) is 5.52. The summed E-state index contributed by atoms with van der Waals surface area (Å²) >= 11 is 0. The Kier molecular flexibility index (Phi) is 8.82. The smallest absolute Gasteiger partial charge is 0.339 e. The molecular weight excluding hydrogens is 494 g/mol. The van der Waals surface area contributed by atoms with Crippen LogP contribution in [-0.2, 0) is 16.6 Å². The number of fused-ring (bicyclic) bond motifs is 1. The van der Waals surface area contributed by atoms with E-state index in [-0.39, 0.29) is 28.6 Å². The highest BCUT2D eigenvalue weighted by atomic mass is 32.2. The van der Waals surface area contributed by atoms with Crippen LogP contribution in [0.1, 0.15) is 41.3 Å². The molecule has 0 radical (unpaired) electrons. The molecule has 4 rings (SSSR count). The first-order valence-electron chi connectivity index (χ1n) is 11.4. The van der Waals surface area contributed by atoms with Crippen LogP contribution in [0.15, 0.2) is 83.9 Å². The largest absolute Gasteiger partial charge is 0.497 e. The number of para-hydroxylation sites is 1. The normalized spacial score (nSPS) is 11.1. The quantitative estimate of drug-likeness (QED) is 0.280. The van der Waals surface area contributed by atoms with E-state index in [1.807, 2.05) is 38.1 Å². The molecule has 3 aromatic carbocycles. The number of carboxylic acids is 1. The SMILES string of the molecule is COc1ccc(S(=O)(=O)N(Cc2ccccc2)c2c(C(=O)O)cnc3c(C(C)C)cccc23)cc1.NO. The molecule has 0 fully saturated rings. The Hall–Kier alpha value is -3.99. The molecule has 194 valence electrons. The highest BCUT2D eigenvalue weighted by Gasteiger charge is 2.31. The summed E-state index contributed by atoms with van der Waals surface area (Å²) in [4.78, 5) is 16.8. The summed E-state index contributed by atoms with van der Waals surface area (Å²) in [5.74, 6) is 2.86. The van der Waals surface area contributed by atoms with Gasteiger partial charge in [0, 0.05) is 11.6 Å². The fourth-order valence-electron chi connectivity index (χ4n) is 4.03. The first kappa shape index (κ1) is 27.6. The zero-order chi connectivity index (χ0) is 27.2. The van der Waals surface area contributed by atoms with Crippen LogP contribution in [0.2, 0.25) is 0 Å². The third-order valence-electron chi connectivity index (χ3n) is 5.82. The second kappa shape index (κ2) is 11.8. The third-order valence-corrected chi connectivity index (χ3v) is 7.58. The number of benzene rings is 3. The van der Waals surface area contributed by atoms with Crippen molar-refractivity contribution in [1.82, 2.24) is 4.98 Å². The van der Waals surface area contributed by atoms with E-state index in [9.17, 15) is 18.3 Å². The molecule has 0 atom stereocenters. The molecule has 0 saturated heterocycles. The van der Waals surface area contributed by atoms with Gasteiger partial charge in [-0.1, -0.05) is 62.4 Å². The number of aromatic carboxylic acids is 1. The van der Waals surface area contributed by atoms with Crippen molar-refractivity contribution in [3.8, 4) is 5.75 Å². The predicted molar refractivity (Wildman–Crippen MR) is 142 cm³/mol. The number of anilines is 1. The molecule has 1 aromatic heterocycles. The standard InChI is InChI=1S/C27H26N2O5S.H3NO/c1-18(2)22-10-7-11-23-25(22)28-16-24(27(30)31)26(23)29(17-19-8-5-4-6-9-19)35(32,33)21-14-12-20(34-3)13-15-21;1-2/h4-16,18H,17H2,1-3H3,(H,30,31);2H,1H2. The van der Waals surface area contributed by atoms with Gasteiger partial charge in [0.1, 0.15) is 11.3 Å². The molecule has 4 N–H and O–H groups in total. The second-order valence-corrected chi connectivity index (χ2v) is 10.3. The Morgan fingerprint density at radius 3 is 2.22 bits per heavy atom. The molecule has 9 nitrogen and oxygen atoms in total. The lowest BCUT2D eigenvalue weighted by atomic mass is 9.98. The van der Waals surface area contributed by atoms with Crippen molar-refractivity contribution in [2.24, 2.45) is 5.90 Å². The van der Waals surface area contributed by atoms with Gasteiger partial charge in [-0.05, 0) is 41.3 Å². The Morgan fingerprint density at radius 1 is 1.00 bits per heavy atom. The predicted octanol–water partition coefficient (Wildman–Crippen LogP) is 4.79. The molecule has 0 amide bonds. The number of carbonyl (C=O) groups is 1. The summed E-state index contributed by atoms with van der Waals surface area (Å²) in [6.45, 7) is 3.97. The van der Waals surface area contributed by atoms with Crippen LogP contribution in [-0.4, -0.2) is 36.8 Å². The number of sulfonamides is 1. The first-order valence-corrected chi connectivity index (χ1v) is 12.8. The number of aromatic nitrogens is 1. The number of nitrogens with two attached hydrogens (primary N) is 1. The monoisotopic (exact) mass is 523 g/mol. The number of rotatable bonds is 8. The van der Waals surface area contributed by atoms with Crippen LogP contribution in [0.5, 0.6) is 5.75 Å². The lowest BCUT2D eigenvalue weighted by Gasteiger charge is -2.28. The van der Waals surface area contributed by atoms with Crippen molar-refractivity contribution in [2.75, 3.05) is 11.4 Å². The van der Waals surface area contributed by atoms with Gasteiger partial charge in [0.2, 0.25) is 0 Å². The van der Waals surface area contributed by atoms with Gasteiger partial charge < -0.3 is 15.1 Å². The van der Waals surface area contributed by atoms with E-state index in [2.05, 4.69) is 10.9 Å². The summed E-state index contributed by atoms with van der Waals surface area (Å²) in [7, 11) is -2.67. The molecule has 0 unspecified atom stereocenters. The number of hydrogen-bond donors (Lipinski definition) is 3.